The molecule has 0 atom stereocenters. The summed E-state index contributed by atoms with van der Waals surface area (Å²) in [6.45, 7) is 8.58. The molecule has 0 aliphatic carbocycles. The van der Waals surface area contributed by atoms with Crippen LogP contribution in [0.4, 0.5) is 10.1 Å². The Labute approximate surface area is 211 Å². The van der Waals surface area contributed by atoms with Gasteiger partial charge < -0.3 is 25.7 Å². The Kier molecular flexibility index (Phi) is 7.64. The first-order valence-corrected chi connectivity index (χ1v) is 12.3. The lowest BCUT2D eigenvalue weighted by atomic mass is 10.0. The molecule has 0 spiro atoms. The smallest absolute Gasteiger partial charge is 0.257 e. The molecule has 2 aliphatic rings. The maximum atomic E-state index is 15.0. The second kappa shape index (κ2) is 10.9. The Morgan fingerprint density at radius 3 is 2.61 bits per heavy atom. The number of ether oxygens (including phenoxy) is 1. The number of anilines is 1. The number of fused-ring (bicyclic) bond motifs is 1. The number of nitrogens with one attached hydrogen (secondary N) is 3. The second-order valence-electron chi connectivity index (χ2n) is 8.76. The third-order valence-corrected chi connectivity index (χ3v) is 6.31. The Balaban J connectivity index is 0.00000148. The topological polar surface area (TPSA) is 90.3 Å². The molecule has 188 valence electrons. The average Bonchev–Trinajstić information content (AvgIpc) is 3.18. The molecule has 2 aromatic carbocycles. The van der Waals surface area contributed by atoms with E-state index in [0.717, 1.165) is 24.3 Å². The minimum atomic E-state index is -0.517. The van der Waals surface area contributed by atoms with Crippen molar-refractivity contribution >= 4 is 17.3 Å². The summed E-state index contributed by atoms with van der Waals surface area (Å²) in [7, 11) is 1.80. The number of aromatic nitrogens is 1. The molecule has 1 saturated heterocycles. The van der Waals surface area contributed by atoms with Crippen LogP contribution in [0, 0.1) is 17.1 Å². The molecule has 36 heavy (non-hydrogen) atoms. The van der Waals surface area contributed by atoms with E-state index in [1.54, 1.807) is 43.3 Å². The number of pyridine rings is 1. The predicted molar refractivity (Wildman–Crippen MR) is 141 cm³/mol. The van der Waals surface area contributed by atoms with Gasteiger partial charge >= 0.3 is 0 Å². The number of amides is 1. The van der Waals surface area contributed by atoms with Gasteiger partial charge in [0, 0.05) is 80.0 Å². The Morgan fingerprint density at radius 2 is 1.94 bits per heavy atom. The van der Waals surface area contributed by atoms with Crippen molar-refractivity contribution in [3.05, 3.63) is 71.2 Å². The molecule has 8 heteroatoms. The molecule has 0 radical (unpaired) electrons. The summed E-state index contributed by atoms with van der Waals surface area (Å²) in [5.74, 6) is 0.841. The molecule has 1 amide bonds. The fraction of sp³-hybridized carbons (Fsp3) is 0.321. The van der Waals surface area contributed by atoms with E-state index in [-0.39, 0.29) is 11.5 Å². The van der Waals surface area contributed by atoms with Crippen molar-refractivity contribution in [3.8, 4) is 22.8 Å². The van der Waals surface area contributed by atoms with Gasteiger partial charge in [-0.1, -0.05) is 13.8 Å². The summed E-state index contributed by atoms with van der Waals surface area (Å²) in [6, 6.07) is 12.2. The summed E-state index contributed by atoms with van der Waals surface area (Å²) in [5, 5.41) is 14.2. The number of carbonyl (C=O) groups is 1. The Hall–Kier alpha value is -3.78. The molecule has 0 unspecified atom stereocenters. The highest BCUT2D eigenvalue weighted by molar-refractivity contribution is 6.01. The lowest BCUT2D eigenvalue weighted by molar-refractivity contribution is 0.0729. The average molecular weight is 490 g/mol. The standard InChI is InChI=1S/C26H26FN5O2.C2H6/c1-15(28)21-4-3-19(10-24(21)29-2)34-20-5-6-31-23(9-20)17-7-18-14-32(13-16-11-30-12-16)26(33)25(18)22(27)8-17;1-2/h3-10,16,28-30H,11-14H2,1-2H3;1-2H3. The zero-order valence-corrected chi connectivity index (χ0v) is 21.1. The number of halogens is 1. The SMILES string of the molecule is CC.CNc1cc(Oc2ccnc(-c3cc(F)c4c(c3)CN(CC3CNC3)C4=O)c2)ccc1C(C)=N. The van der Waals surface area contributed by atoms with Crippen LogP contribution in [0.5, 0.6) is 11.5 Å². The third kappa shape index (κ3) is 5.09. The summed E-state index contributed by atoms with van der Waals surface area (Å²) in [4.78, 5) is 18.9. The number of benzene rings is 2. The summed E-state index contributed by atoms with van der Waals surface area (Å²) in [5.41, 5.74) is 4.09. The fourth-order valence-corrected chi connectivity index (χ4v) is 4.44. The van der Waals surface area contributed by atoms with E-state index < -0.39 is 5.82 Å². The van der Waals surface area contributed by atoms with Crippen LogP contribution in [-0.4, -0.2) is 48.2 Å². The van der Waals surface area contributed by atoms with Crippen molar-refractivity contribution in [2.45, 2.75) is 27.3 Å². The summed E-state index contributed by atoms with van der Waals surface area (Å²) >= 11 is 0. The van der Waals surface area contributed by atoms with E-state index in [0.29, 0.717) is 53.0 Å². The van der Waals surface area contributed by atoms with Gasteiger partial charge in [0.2, 0.25) is 0 Å². The quantitative estimate of drug-likeness (QED) is 0.391. The maximum absolute atomic E-state index is 15.0. The highest BCUT2D eigenvalue weighted by Crippen LogP contribution is 2.33. The third-order valence-electron chi connectivity index (χ3n) is 6.31. The van der Waals surface area contributed by atoms with Crippen LogP contribution >= 0.6 is 0 Å². The van der Waals surface area contributed by atoms with Gasteiger partial charge in [0.05, 0.1) is 11.3 Å². The molecular formula is C28H32FN5O2. The van der Waals surface area contributed by atoms with Gasteiger partial charge in [-0.3, -0.25) is 9.78 Å². The highest BCUT2D eigenvalue weighted by atomic mass is 19.1. The van der Waals surface area contributed by atoms with Crippen LogP contribution in [0.15, 0.2) is 48.7 Å². The zero-order valence-electron chi connectivity index (χ0n) is 21.1. The van der Waals surface area contributed by atoms with E-state index >= 15 is 0 Å². The van der Waals surface area contributed by atoms with Crippen LogP contribution in [0.2, 0.25) is 0 Å². The molecule has 1 fully saturated rings. The lowest BCUT2D eigenvalue weighted by Crippen LogP contribution is -2.48. The fourth-order valence-electron chi connectivity index (χ4n) is 4.44. The van der Waals surface area contributed by atoms with Gasteiger partial charge in [-0.05, 0) is 42.8 Å². The number of carbonyl (C=O) groups excluding carboxylic acids is 1. The molecule has 0 saturated carbocycles. The van der Waals surface area contributed by atoms with Crippen molar-refractivity contribution < 1.29 is 13.9 Å². The molecular weight excluding hydrogens is 457 g/mol. The predicted octanol–water partition coefficient (Wildman–Crippen LogP) is 5.31. The van der Waals surface area contributed by atoms with Crippen molar-refractivity contribution in [3.63, 3.8) is 0 Å². The van der Waals surface area contributed by atoms with E-state index in [4.69, 9.17) is 10.1 Å². The van der Waals surface area contributed by atoms with Crippen LogP contribution in [-0.2, 0) is 6.54 Å². The normalized spacial score (nSPS) is 14.5. The van der Waals surface area contributed by atoms with Crippen molar-refractivity contribution in [1.82, 2.24) is 15.2 Å². The number of hydrogen-bond acceptors (Lipinski definition) is 6. The molecule has 0 bridgehead atoms. The number of rotatable bonds is 7. The van der Waals surface area contributed by atoms with E-state index in [1.807, 2.05) is 32.0 Å². The molecule has 7 nitrogen and oxygen atoms in total. The molecule has 2 aliphatic heterocycles. The van der Waals surface area contributed by atoms with Gasteiger partial charge in [-0.2, -0.15) is 0 Å². The van der Waals surface area contributed by atoms with Gasteiger partial charge in [-0.25, -0.2) is 4.39 Å². The van der Waals surface area contributed by atoms with Crippen molar-refractivity contribution in [2.75, 3.05) is 32.0 Å². The Morgan fingerprint density at radius 1 is 1.19 bits per heavy atom. The van der Waals surface area contributed by atoms with E-state index in [2.05, 4.69) is 15.6 Å². The van der Waals surface area contributed by atoms with Gasteiger partial charge in [0.1, 0.15) is 17.3 Å². The summed E-state index contributed by atoms with van der Waals surface area (Å²) < 4.78 is 21.0. The number of hydrogen-bond donors (Lipinski definition) is 3. The molecule has 3 aromatic rings. The van der Waals surface area contributed by atoms with Crippen LogP contribution in [0.25, 0.3) is 11.3 Å². The van der Waals surface area contributed by atoms with Gasteiger partial charge in [-0.15, -0.1) is 0 Å². The highest BCUT2D eigenvalue weighted by Gasteiger charge is 2.33. The van der Waals surface area contributed by atoms with E-state index in [9.17, 15) is 9.18 Å². The first-order chi connectivity index (χ1) is 17.4. The molecule has 3 N–H and O–H groups in total. The minimum absolute atomic E-state index is 0.171. The monoisotopic (exact) mass is 489 g/mol. The second-order valence-corrected chi connectivity index (χ2v) is 8.76. The minimum Gasteiger partial charge on any atom is -0.457 e. The lowest BCUT2D eigenvalue weighted by Gasteiger charge is -2.31. The molecule has 3 heterocycles. The summed E-state index contributed by atoms with van der Waals surface area (Å²) in [6.07, 6.45) is 1.62. The molecule has 5 rings (SSSR count). The Bertz CT molecular complexity index is 1290. The van der Waals surface area contributed by atoms with Gasteiger partial charge in [0.15, 0.2) is 0 Å². The maximum Gasteiger partial charge on any atom is 0.257 e. The zero-order chi connectivity index (χ0) is 25.8. The van der Waals surface area contributed by atoms with Gasteiger partial charge in [0.25, 0.3) is 5.91 Å². The first kappa shape index (κ1) is 25.3. The molecule has 1 aromatic heterocycles. The van der Waals surface area contributed by atoms with Crippen LogP contribution < -0.4 is 15.4 Å². The van der Waals surface area contributed by atoms with E-state index in [1.165, 1.54) is 6.07 Å². The number of nitrogens with zero attached hydrogens (tertiary/aromatic N) is 2. The largest absolute Gasteiger partial charge is 0.457 e. The van der Waals surface area contributed by atoms with Crippen LogP contribution in [0.1, 0.15) is 42.3 Å². The van der Waals surface area contributed by atoms with Crippen molar-refractivity contribution in [1.29, 1.82) is 5.41 Å². The van der Waals surface area contributed by atoms with Crippen molar-refractivity contribution in [2.24, 2.45) is 5.92 Å². The first-order valence-electron chi connectivity index (χ1n) is 12.3. The van der Waals surface area contributed by atoms with Crippen LogP contribution in [0.3, 0.4) is 0 Å².